The summed E-state index contributed by atoms with van der Waals surface area (Å²) >= 11 is 1.23. The van der Waals surface area contributed by atoms with Gasteiger partial charge in [0.1, 0.15) is 15.4 Å². The van der Waals surface area contributed by atoms with Gasteiger partial charge in [-0.05, 0) is 30.0 Å². The molecule has 8 heteroatoms. The van der Waals surface area contributed by atoms with Crippen molar-refractivity contribution in [2.75, 3.05) is 33.4 Å². The van der Waals surface area contributed by atoms with Crippen molar-refractivity contribution in [1.82, 2.24) is 9.47 Å². The molecule has 0 atom stereocenters. The molecule has 1 aliphatic rings. The molecule has 0 radical (unpaired) electrons. The number of carbonyl (C=O) groups is 1. The molecule has 7 nitrogen and oxygen atoms in total. The van der Waals surface area contributed by atoms with E-state index in [1.165, 1.54) is 18.4 Å². The van der Waals surface area contributed by atoms with Crippen molar-refractivity contribution >= 4 is 50.3 Å². The smallest absolute Gasteiger partial charge is 0.350 e. The Labute approximate surface area is 194 Å². The first-order valence-electron chi connectivity index (χ1n) is 10.7. The number of aromatic nitrogens is 1. The lowest BCUT2D eigenvalue weighted by Gasteiger charge is -2.24. The number of hydrogen-bond donors (Lipinski definition) is 0. The highest BCUT2D eigenvalue weighted by molar-refractivity contribution is 7.21. The van der Waals surface area contributed by atoms with Gasteiger partial charge in [-0.2, -0.15) is 0 Å². The number of para-hydroxylation sites is 1. The van der Waals surface area contributed by atoms with Gasteiger partial charge in [-0.3, -0.25) is 9.36 Å². The van der Waals surface area contributed by atoms with Gasteiger partial charge >= 0.3 is 5.97 Å². The molecule has 0 spiro atoms. The van der Waals surface area contributed by atoms with E-state index in [0.29, 0.717) is 34.0 Å². The lowest BCUT2D eigenvalue weighted by molar-refractivity contribution is 0.0607. The van der Waals surface area contributed by atoms with Crippen molar-refractivity contribution in [1.29, 1.82) is 0 Å². The summed E-state index contributed by atoms with van der Waals surface area (Å²) in [6.45, 7) is 4.70. The average molecular weight is 462 g/mol. The molecule has 0 bridgehead atoms. The van der Waals surface area contributed by atoms with Gasteiger partial charge in [0.15, 0.2) is 0 Å². The molecule has 0 saturated carbocycles. The number of rotatable bonds is 4. The van der Waals surface area contributed by atoms with Crippen LogP contribution in [0, 0.1) is 6.92 Å². The number of ether oxygens (including phenoxy) is 2. The van der Waals surface area contributed by atoms with Crippen molar-refractivity contribution in [3.63, 3.8) is 0 Å². The van der Waals surface area contributed by atoms with E-state index in [1.807, 2.05) is 55.5 Å². The quantitative estimate of drug-likeness (QED) is 0.258. The Morgan fingerprint density at radius 1 is 1.09 bits per heavy atom. The highest BCUT2D eigenvalue weighted by Crippen LogP contribution is 2.42. The maximum absolute atomic E-state index is 13.7. The molecular formula is C25H23N3O4S. The predicted molar refractivity (Wildman–Crippen MR) is 132 cm³/mol. The molecule has 5 rings (SSSR count). The number of pyridine rings is 1. The van der Waals surface area contributed by atoms with E-state index in [-0.39, 0.29) is 5.56 Å². The van der Waals surface area contributed by atoms with E-state index in [0.717, 1.165) is 35.1 Å². The number of aliphatic imine (C=N–C) groups is 1. The van der Waals surface area contributed by atoms with E-state index in [2.05, 4.69) is 4.90 Å². The van der Waals surface area contributed by atoms with Gasteiger partial charge in [0.25, 0.3) is 5.56 Å². The highest BCUT2D eigenvalue weighted by Gasteiger charge is 2.25. The van der Waals surface area contributed by atoms with Crippen LogP contribution in [0.4, 0.5) is 5.69 Å². The molecule has 0 aliphatic carbocycles. The molecule has 168 valence electrons. The minimum absolute atomic E-state index is 0.131. The zero-order valence-electron chi connectivity index (χ0n) is 18.4. The van der Waals surface area contributed by atoms with Crippen molar-refractivity contribution in [3.8, 4) is 5.69 Å². The van der Waals surface area contributed by atoms with Gasteiger partial charge < -0.3 is 14.4 Å². The van der Waals surface area contributed by atoms with E-state index in [4.69, 9.17) is 14.5 Å². The normalized spacial score (nSPS) is 14.4. The molecule has 0 amide bonds. The number of carbonyl (C=O) groups excluding carboxylic acids is 1. The summed E-state index contributed by atoms with van der Waals surface area (Å²) in [5, 5.41) is 2.11. The summed E-state index contributed by atoms with van der Waals surface area (Å²) in [4.78, 5) is 34.3. The Morgan fingerprint density at radius 3 is 2.52 bits per heavy atom. The number of thiophene rings is 1. The van der Waals surface area contributed by atoms with Gasteiger partial charge in [-0.25, -0.2) is 9.79 Å². The molecule has 2 aromatic carbocycles. The van der Waals surface area contributed by atoms with Crippen LogP contribution in [-0.2, 0) is 9.47 Å². The van der Waals surface area contributed by atoms with Crippen molar-refractivity contribution in [3.05, 3.63) is 69.3 Å². The number of methoxy groups -OCH3 is 1. The standard InChI is InChI=1S/C25H23N3O4S/c1-16-7-3-6-10-19(16)28-23(29)18-9-5-4-8-17(18)20-21(22(25(30)31-2)33-24(20)28)26-15-27-11-13-32-14-12-27/h3-10,15H,11-14H2,1-2H3. The van der Waals surface area contributed by atoms with E-state index in [1.54, 1.807) is 10.9 Å². The van der Waals surface area contributed by atoms with Crippen molar-refractivity contribution in [2.45, 2.75) is 6.92 Å². The maximum Gasteiger partial charge on any atom is 0.350 e. The lowest BCUT2D eigenvalue weighted by Crippen LogP contribution is -2.35. The van der Waals surface area contributed by atoms with Crippen LogP contribution in [0.15, 0.2) is 58.3 Å². The second kappa shape index (κ2) is 8.80. The Kier molecular flexibility index (Phi) is 5.70. The van der Waals surface area contributed by atoms with E-state index in [9.17, 15) is 9.59 Å². The molecule has 1 saturated heterocycles. The van der Waals surface area contributed by atoms with Crippen LogP contribution in [0.3, 0.4) is 0 Å². The van der Waals surface area contributed by atoms with Gasteiger partial charge in [0.05, 0.1) is 32.3 Å². The van der Waals surface area contributed by atoms with Gasteiger partial charge in [0.2, 0.25) is 0 Å². The van der Waals surface area contributed by atoms with Crippen LogP contribution < -0.4 is 5.56 Å². The minimum Gasteiger partial charge on any atom is -0.465 e. The lowest BCUT2D eigenvalue weighted by atomic mass is 10.1. The summed E-state index contributed by atoms with van der Waals surface area (Å²) in [5.74, 6) is -0.474. The highest BCUT2D eigenvalue weighted by atomic mass is 32.1. The number of fused-ring (bicyclic) bond motifs is 3. The number of esters is 1. The van der Waals surface area contributed by atoms with E-state index < -0.39 is 5.97 Å². The summed E-state index contributed by atoms with van der Waals surface area (Å²) in [7, 11) is 1.36. The first kappa shape index (κ1) is 21.4. The Hall–Kier alpha value is -3.49. The molecule has 1 aliphatic heterocycles. The summed E-state index contributed by atoms with van der Waals surface area (Å²) in [5.41, 5.74) is 2.13. The van der Waals surface area contributed by atoms with Crippen LogP contribution >= 0.6 is 11.3 Å². The van der Waals surface area contributed by atoms with Gasteiger partial charge in [-0.1, -0.05) is 36.4 Å². The van der Waals surface area contributed by atoms with Crippen LogP contribution in [0.2, 0.25) is 0 Å². The molecule has 3 heterocycles. The second-order valence-corrected chi connectivity index (χ2v) is 8.82. The Morgan fingerprint density at radius 2 is 1.79 bits per heavy atom. The molecule has 1 fully saturated rings. The topological polar surface area (TPSA) is 73.1 Å². The zero-order valence-corrected chi connectivity index (χ0v) is 19.2. The number of nitrogens with zero attached hydrogens (tertiary/aromatic N) is 3. The monoisotopic (exact) mass is 461 g/mol. The van der Waals surface area contributed by atoms with Crippen LogP contribution in [0.1, 0.15) is 15.2 Å². The van der Waals surface area contributed by atoms with Gasteiger partial charge in [-0.15, -0.1) is 11.3 Å². The largest absolute Gasteiger partial charge is 0.465 e. The number of aryl methyl sites for hydroxylation is 1. The summed E-state index contributed by atoms with van der Waals surface area (Å²) in [6.07, 6.45) is 1.76. The van der Waals surface area contributed by atoms with Crippen LogP contribution in [-0.4, -0.2) is 55.2 Å². The number of morpholine rings is 1. The number of benzene rings is 2. The average Bonchev–Trinajstić information content (AvgIpc) is 3.23. The first-order valence-corrected chi connectivity index (χ1v) is 11.5. The minimum atomic E-state index is -0.474. The van der Waals surface area contributed by atoms with Gasteiger partial charge in [0, 0.05) is 23.9 Å². The SMILES string of the molecule is COC(=O)c1sc2c(c1N=CN1CCOCC1)c1ccccc1c(=O)n2-c1ccccc1C. The molecular weight excluding hydrogens is 438 g/mol. The Bertz CT molecular complexity index is 1450. The van der Waals surface area contributed by atoms with Crippen molar-refractivity contribution < 1.29 is 14.3 Å². The fourth-order valence-corrected chi connectivity index (χ4v) is 5.32. The van der Waals surface area contributed by atoms with Crippen LogP contribution in [0.5, 0.6) is 0 Å². The molecule has 2 aromatic heterocycles. The molecule has 4 aromatic rings. The van der Waals surface area contributed by atoms with Crippen LogP contribution in [0.25, 0.3) is 26.7 Å². The molecule has 0 N–H and O–H groups in total. The number of hydrogen-bond acceptors (Lipinski definition) is 6. The van der Waals surface area contributed by atoms with Crippen molar-refractivity contribution in [2.24, 2.45) is 4.99 Å². The maximum atomic E-state index is 13.7. The fraction of sp³-hybridized carbons (Fsp3) is 0.240. The van der Waals surface area contributed by atoms with E-state index >= 15 is 0 Å². The third-order valence-corrected chi connectivity index (χ3v) is 6.96. The molecule has 33 heavy (non-hydrogen) atoms. The predicted octanol–water partition coefficient (Wildman–Crippen LogP) is 4.29. The summed E-state index contributed by atoms with van der Waals surface area (Å²) in [6, 6.07) is 15.2. The summed E-state index contributed by atoms with van der Waals surface area (Å²) < 4.78 is 12.2. The zero-order chi connectivity index (χ0) is 22.9. The Balaban J connectivity index is 1.87. The second-order valence-electron chi connectivity index (χ2n) is 7.82. The molecule has 0 unspecified atom stereocenters. The third kappa shape index (κ3) is 3.71. The first-order chi connectivity index (χ1) is 16.1. The third-order valence-electron chi connectivity index (χ3n) is 5.82. The fourth-order valence-electron chi connectivity index (χ4n) is 4.13.